The second kappa shape index (κ2) is 40.2. The van der Waals surface area contributed by atoms with Gasteiger partial charge in [-0.15, -0.1) is 6.58 Å². The lowest BCUT2D eigenvalue weighted by molar-refractivity contribution is 0.0938. The molecule has 0 fully saturated rings. The molecule has 8 aromatic carbocycles. The number of nitrogens with one attached hydrogen (secondary N) is 8. The molecule has 4 amide bonds. The number of amides is 4. The van der Waals surface area contributed by atoms with Crippen molar-refractivity contribution in [3.05, 3.63) is 232 Å². The maximum absolute atomic E-state index is 12.8. The van der Waals surface area contributed by atoms with Gasteiger partial charge >= 0.3 is 0 Å². The van der Waals surface area contributed by atoms with E-state index in [0.29, 0.717) is 130 Å². The third-order valence-corrected chi connectivity index (χ3v) is 17.4. The third kappa shape index (κ3) is 19.9. The van der Waals surface area contributed by atoms with Crippen LogP contribution in [-0.4, -0.2) is 160 Å². The number of ether oxygens (including phenoxy) is 10. The smallest absolute Gasteiger partial charge is 0.255 e. The first-order chi connectivity index (χ1) is 56.1. The number of oxazole rings is 1. The summed E-state index contributed by atoms with van der Waals surface area (Å²) in [5, 5.41) is 59.9. The average molecular weight is 1550 g/mol. The standard InChI is InChI=1S/C23H22N4O5.C21H20N4O4.C21H21N3O3.C20H18N4O3/c1-29-18-9-5-14(12-19(18)30-2)4-7-16-21-17(27-26-16)8-6-15(22(21)31-3)23(28)25-13-20-24-10-11-32-20;1-27-17-9-5-13(12-18(17)28-2)4-7-15-19-16(25-24-15)8-6-14(20(19)29-3)21(26)23-11-10-22;1-4-13-22-21(25)16-10-12-18-19(20(16)27-3)17(23-24-18)11-7-14-5-8-15(26-2)9-6-14;1-26-14-6-3-13(4-7-14)5-9-16-18-17(24-23-16)10-8-15(19(18)27-2)20(25)22-12-11-21/h4-12H,13H2,1-3H3,(H,25,28)(H,26,27);4-9,12H,11H2,1-3H3,(H,23,26)(H,24,25);4-12H,1,13H2,2-3H3,(H,22,25)(H,23,24);3-10H,12H2,1-2H3,(H,22,25)(H,23,24)/b2*7-4+;11-7+;9-5+. The van der Waals surface area contributed by atoms with Crippen molar-refractivity contribution in [1.82, 2.24) is 67.0 Å². The fourth-order valence-electron chi connectivity index (χ4n) is 11.8. The maximum Gasteiger partial charge on any atom is 0.255 e. The van der Waals surface area contributed by atoms with Gasteiger partial charge in [0, 0.05) is 6.54 Å². The summed E-state index contributed by atoms with van der Waals surface area (Å²) in [5.41, 5.74) is 10.9. The van der Waals surface area contributed by atoms with E-state index in [1.807, 2.05) is 146 Å². The highest BCUT2D eigenvalue weighted by Gasteiger charge is 2.24. The van der Waals surface area contributed by atoms with Crippen molar-refractivity contribution in [3.63, 3.8) is 0 Å². The van der Waals surface area contributed by atoms with Gasteiger partial charge in [-0.25, -0.2) is 4.98 Å². The molecule has 0 bridgehead atoms. The summed E-state index contributed by atoms with van der Waals surface area (Å²) in [6.45, 7) is 4.01. The molecule has 30 heteroatoms. The van der Waals surface area contributed by atoms with Crippen LogP contribution < -0.4 is 68.6 Å². The molecule has 5 aromatic heterocycles. The summed E-state index contributed by atoms with van der Waals surface area (Å²) in [6.07, 6.45) is 19.8. The lowest BCUT2D eigenvalue weighted by Crippen LogP contribution is -2.24. The van der Waals surface area contributed by atoms with Crippen LogP contribution in [0.3, 0.4) is 0 Å². The molecule has 5 heterocycles. The minimum atomic E-state index is -0.388. The van der Waals surface area contributed by atoms with Crippen molar-refractivity contribution in [1.29, 1.82) is 10.5 Å². The molecule has 13 rings (SSSR count). The highest BCUT2D eigenvalue weighted by molar-refractivity contribution is 6.09. The number of H-pyrrole nitrogens is 4. The van der Waals surface area contributed by atoms with Crippen LogP contribution in [0.2, 0.25) is 0 Å². The van der Waals surface area contributed by atoms with Crippen LogP contribution in [0.15, 0.2) is 163 Å². The fourth-order valence-corrected chi connectivity index (χ4v) is 11.8. The van der Waals surface area contributed by atoms with E-state index in [-0.39, 0.29) is 43.3 Å². The lowest BCUT2D eigenvalue weighted by atomic mass is 10.1. The lowest BCUT2D eigenvalue weighted by Gasteiger charge is -2.10. The van der Waals surface area contributed by atoms with E-state index in [0.717, 1.165) is 50.3 Å². The number of benzene rings is 8. The number of nitriles is 2. The van der Waals surface area contributed by atoms with Crippen LogP contribution in [0.4, 0.5) is 0 Å². The van der Waals surface area contributed by atoms with Gasteiger partial charge < -0.3 is 73.1 Å². The van der Waals surface area contributed by atoms with Gasteiger partial charge in [0.25, 0.3) is 23.6 Å². The van der Waals surface area contributed by atoms with E-state index in [9.17, 15) is 19.2 Å². The topological polar surface area (TPSA) is 397 Å². The molecule has 0 unspecified atom stereocenters. The van der Waals surface area contributed by atoms with Crippen molar-refractivity contribution in [2.24, 2.45) is 0 Å². The van der Waals surface area contributed by atoms with E-state index in [4.69, 9.17) is 62.3 Å². The van der Waals surface area contributed by atoms with Gasteiger partial charge in [-0.05, 0) is 144 Å². The van der Waals surface area contributed by atoms with Gasteiger partial charge in [-0.1, -0.05) is 66.8 Å². The van der Waals surface area contributed by atoms with Crippen LogP contribution in [0.1, 0.15) is 92.4 Å². The van der Waals surface area contributed by atoms with Crippen molar-refractivity contribution < 1.29 is 71.0 Å². The van der Waals surface area contributed by atoms with Crippen LogP contribution in [0.25, 0.3) is 92.2 Å². The van der Waals surface area contributed by atoms with Gasteiger partial charge in [0.1, 0.15) is 53.8 Å². The quantitative estimate of drug-likeness (QED) is 0.0167. The number of aromatic nitrogens is 9. The minimum Gasteiger partial charge on any atom is -0.497 e. The number of hydrogen-bond acceptors (Lipinski definition) is 22. The predicted octanol–water partition coefficient (Wildman–Crippen LogP) is 13.4. The van der Waals surface area contributed by atoms with Crippen LogP contribution in [0.5, 0.6) is 57.5 Å². The molecular weight excluding hydrogens is 1470 g/mol. The number of carbonyl (C=O) groups is 4. The second-order valence-corrected chi connectivity index (χ2v) is 24.1. The van der Waals surface area contributed by atoms with E-state index in [2.05, 4.69) is 73.6 Å². The van der Waals surface area contributed by atoms with Crippen molar-refractivity contribution >= 4 is 116 Å². The Morgan fingerprint density at radius 2 is 0.713 bits per heavy atom. The van der Waals surface area contributed by atoms with E-state index < -0.39 is 0 Å². The van der Waals surface area contributed by atoms with Crippen molar-refractivity contribution in [2.45, 2.75) is 6.54 Å². The summed E-state index contributed by atoms with van der Waals surface area (Å²) in [6, 6.07) is 43.9. The van der Waals surface area contributed by atoms with E-state index in [1.165, 1.54) is 33.8 Å². The summed E-state index contributed by atoms with van der Waals surface area (Å²) < 4.78 is 58.8. The number of carbonyl (C=O) groups excluding carboxylic acids is 4. The molecule has 0 atom stereocenters. The first-order valence-electron chi connectivity index (χ1n) is 35.1. The zero-order valence-electron chi connectivity index (χ0n) is 64.3. The summed E-state index contributed by atoms with van der Waals surface area (Å²) >= 11 is 0. The Balaban J connectivity index is 0.000000162. The van der Waals surface area contributed by atoms with Gasteiger partial charge in [0.2, 0.25) is 5.89 Å². The van der Waals surface area contributed by atoms with Gasteiger partial charge in [-0.3, -0.25) is 39.6 Å². The Labute approximate surface area is 660 Å². The molecule has 8 N–H and O–H groups in total. The average Bonchev–Trinajstić information content (AvgIpc) is 1.62. The van der Waals surface area contributed by atoms with Crippen LogP contribution in [-0.2, 0) is 6.54 Å². The molecule has 0 aliphatic rings. The predicted molar refractivity (Wildman–Crippen MR) is 437 cm³/mol. The fraction of sp³-hybridized carbons (Fsp3) is 0.165. The van der Waals surface area contributed by atoms with Crippen molar-refractivity contribution in [3.8, 4) is 69.6 Å². The Morgan fingerprint density at radius 3 is 1.01 bits per heavy atom. The maximum atomic E-state index is 12.8. The van der Waals surface area contributed by atoms with Gasteiger partial charge in [-0.2, -0.15) is 30.9 Å². The molecule has 0 saturated carbocycles. The highest BCUT2D eigenvalue weighted by Crippen LogP contribution is 2.38. The summed E-state index contributed by atoms with van der Waals surface area (Å²) in [7, 11) is 15.7. The van der Waals surface area contributed by atoms with Gasteiger partial charge in [0.15, 0.2) is 23.0 Å². The Hall–Kier alpha value is -15.6. The molecule has 13 aromatic rings. The molecule has 0 radical (unpaired) electrons. The molecular formula is C85H81N15O15. The first kappa shape index (κ1) is 81.9. The first-order valence-corrected chi connectivity index (χ1v) is 35.1. The molecule has 586 valence electrons. The molecule has 0 saturated heterocycles. The Kier molecular flexibility index (Phi) is 28.6. The molecule has 0 spiro atoms. The van der Waals surface area contributed by atoms with Gasteiger partial charge in [0.05, 0.1) is 185 Å². The van der Waals surface area contributed by atoms with E-state index >= 15 is 0 Å². The monoisotopic (exact) mass is 1550 g/mol. The highest BCUT2D eigenvalue weighted by atomic mass is 16.5. The molecule has 30 nitrogen and oxygen atoms in total. The SMILES string of the molecule is C=CCNC(=O)c1ccc2n[nH]c(/C=C/c3ccc(OC)cc3)c2c1OC.COc1ccc(/C=C/c2[nH]nc3ccc(C(=O)NCC#N)c(OC)c23)cc1.COc1ccc(/C=C/c2[nH]nc3ccc(C(=O)NCC#N)c(OC)c23)cc1OC.COc1ccc(/C=C/c2[nH]nc3ccc(C(=O)NCc4ncco4)c(OC)c23)cc1OC. The van der Waals surface area contributed by atoms with Crippen molar-refractivity contribution in [2.75, 3.05) is 90.7 Å². The zero-order valence-corrected chi connectivity index (χ0v) is 64.3. The largest absolute Gasteiger partial charge is 0.497 e. The molecule has 0 aliphatic carbocycles. The number of aromatic amines is 4. The number of fused-ring (bicyclic) bond motifs is 4. The second-order valence-electron chi connectivity index (χ2n) is 24.1. The zero-order chi connectivity index (χ0) is 81.8. The van der Waals surface area contributed by atoms with E-state index in [1.54, 1.807) is 104 Å². The summed E-state index contributed by atoms with van der Waals surface area (Å²) in [4.78, 5) is 53.8. The number of hydrogen-bond donors (Lipinski definition) is 8. The number of methoxy groups -OCH3 is 10. The van der Waals surface area contributed by atoms with Crippen LogP contribution in [0, 0.1) is 22.7 Å². The number of nitrogens with zero attached hydrogens (tertiary/aromatic N) is 7. The minimum absolute atomic E-state index is 0.0738. The Bertz CT molecular complexity index is 5800. The molecule has 0 aliphatic heterocycles. The van der Waals surface area contributed by atoms with Crippen LogP contribution >= 0.6 is 0 Å². The summed E-state index contributed by atoms with van der Waals surface area (Å²) in [5.74, 6) is 4.97. The Morgan fingerprint density at radius 1 is 0.391 bits per heavy atom. The normalized spacial score (nSPS) is 10.9. The third-order valence-electron chi connectivity index (χ3n) is 17.4. The number of rotatable bonds is 28. The molecule has 115 heavy (non-hydrogen) atoms.